The second-order valence-electron chi connectivity index (χ2n) is 7.39. The molecular formula is C23H42O2. The first-order valence-corrected chi connectivity index (χ1v) is 11.0. The van der Waals surface area contributed by atoms with Gasteiger partial charge in [-0.2, -0.15) is 0 Å². The molecule has 0 bridgehead atoms. The van der Waals surface area contributed by atoms with E-state index in [0.29, 0.717) is 0 Å². The molecule has 2 heteroatoms. The van der Waals surface area contributed by atoms with E-state index < -0.39 is 0 Å². The highest BCUT2D eigenvalue weighted by Gasteiger charge is 2.04. The van der Waals surface area contributed by atoms with Crippen LogP contribution in [0.1, 0.15) is 110 Å². The van der Waals surface area contributed by atoms with Gasteiger partial charge in [-0.05, 0) is 18.6 Å². The van der Waals surface area contributed by atoms with Crippen molar-refractivity contribution in [3.63, 3.8) is 0 Å². The Morgan fingerprint density at radius 3 is 1.56 bits per heavy atom. The van der Waals surface area contributed by atoms with Gasteiger partial charge in [0, 0.05) is 0 Å². The zero-order valence-electron chi connectivity index (χ0n) is 16.7. The van der Waals surface area contributed by atoms with Gasteiger partial charge in [-0.15, -0.1) is 0 Å². The van der Waals surface area contributed by atoms with E-state index in [9.17, 15) is 0 Å². The van der Waals surface area contributed by atoms with Crippen molar-refractivity contribution in [1.29, 1.82) is 0 Å². The number of ether oxygens (including phenoxy) is 2. The molecule has 0 aromatic carbocycles. The fraction of sp³-hybridized carbons (Fsp3) is 0.826. The summed E-state index contributed by atoms with van der Waals surface area (Å²) in [6.45, 7) is 3.10. The summed E-state index contributed by atoms with van der Waals surface area (Å²) >= 11 is 0. The van der Waals surface area contributed by atoms with Gasteiger partial charge in [0.1, 0.15) is 0 Å². The van der Waals surface area contributed by atoms with Crippen LogP contribution >= 0.6 is 0 Å². The van der Waals surface area contributed by atoms with Crippen molar-refractivity contribution in [2.75, 3.05) is 6.61 Å². The molecule has 0 saturated heterocycles. The lowest BCUT2D eigenvalue weighted by Gasteiger charge is -2.15. The number of allylic oxidation sites excluding steroid dienone is 2. The lowest BCUT2D eigenvalue weighted by molar-refractivity contribution is -0.0750. The topological polar surface area (TPSA) is 18.5 Å². The van der Waals surface area contributed by atoms with Gasteiger partial charge in [-0.1, -0.05) is 109 Å². The summed E-state index contributed by atoms with van der Waals surface area (Å²) in [6.07, 6.45) is 29.8. The van der Waals surface area contributed by atoms with Gasteiger partial charge in [0.05, 0.1) is 12.9 Å². The Bertz CT molecular complexity index is 322. The average molecular weight is 351 g/mol. The fourth-order valence-electron chi connectivity index (χ4n) is 3.31. The molecule has 0 aromatic heterocycles. The molecule has 0 fully saturated rings. The minimum absolute atomic E-state index is 0.165. The first-order chi connectivity index (χ1) is 12.4. The summed E-state index contributed by atoms with van der Waals surface area (Å²) < 4.78 is 11.0. The van der Waals surface area contributed by atoms with Crippen LogP contribution in [0.2, 0.25) is 0 Å². The lowest BCUT2D eigenvalue weighted by atomic mass is 10.0. The van der Waals surface area contributed by atoms with Crippen LogP contribution in [0.15, 0.2) is 24.5 Å². The molecule has 146 valence electrons. The standard InChI is InChI=1S/C23H42O2/c1-2-3-4-5-6-7-8-9-10-11-12-13-14-15-16-18-21-24-23-20-17-19-22-25-23/h17,19-20,22-23H,2-16,18,21H2,1H3. The van der Waals surface area contributed by atoms with Crippen LogP contribution in [0.25, 0.3) is 0 Å². The van der Waals surface area contributed by atoms with Gasteiger partial charge in [-0.25, -0.2) is 0 Å². The third kappa shape index (κ3) is 15.2. The Labute approximate surface area is 157 Å². The summed E-state index contributed by atoms with van der Waals surface area (Å²) in [4.78, 5) is 0. The van der Waals surface area contributed by atoms with E-state index in [2.05, 4.69) is 6.92 Å². The Morgan fingerprint density at radius 2 is 1.12 bits per heavy atom. The zero-order valence-corrected chi connectivity index (χ0v) is 16.7. The van der Waals surface area contributed by atoms with E-state index in [1.165, 1.54) is 96.3 Å². The molecule has 1 rings (SSSR count). The molecule has 1 unspecified atom stereocenters. The number of hydrogen-bond donors (Lipinski definition) is 0. The number of hydrogen-bond acceptors (Lipinski definition) is 2. The summed E-state index contributed by atoms with van der Waals surface area (Å²) in [5.74, 6) is 0. The summed E-state index contributed by atoms with van der Waals surface area (Å²) in [5, 5.41) is 0. The minimum atomic E-state index is -0.165. The minimum Gasteiger partial charge on any atom is -0.469 e. The molecule has 1 aliphatic heterocycles. The van der Waals surface area contributed by atoms with Crippen molar-refractivity contribution >= 4 is 0 Å². The van der Waals surface area contributed by atoms with Crippen molar-refractivity contribution in [3.05, 3.63) is 24.5 Å². The van der Waals surface area contributed by atoms with Gasteiger partial charge in [-0.3, -0.25) is 0 Å². The summed E-state index contributed by atoms with van der Waals surface area (Å²) in [6, 6.07) is 0. The zero-order chi connectivity index (χ0) is 17.8. The first kappa shape index (κ1) is 22.3. The molecule has 1 heterocycles. The second-order valence-corrected chi connectivity index (χ2v) is 7.39. The van der Waals surface area contributed by atoms with Crippen LogP contribution in [0.4, 0.5) is 0 Å². The van der Waals surface area contributed by atoms with Crippen molar-refractivity contribution < 1.29 is 9.47 Å². The Balaban J connectivity index is 1.67. The monoisotopic (exact) mass is 350 g/mol. The first-order valence-electron chi connectivity index (χ1n) is 11.0. The van der Waals surface area contributed by atoms with Crippen LogP contribution in [-0.2, 0) is 9.47 Å². The molecule has 2 nitrogen and oxygen atoms in total. The van der Waals surface area contributed by atoms with E-state index >= 15 is 0 Å². The highest BCUT2D eigenvalue weighted by molar-refractivity contribution is 5.05. The summed E-state index contributed by atoms with van der Waals surface area (Å²) in [5.41, 5.74) is 0. The van der Waals surface area contributed by atoms with E-state index in [1.807, 2.05) is 18.2 Å². The molecule has 0 amide bonds. The van der Waals surface area contributed by atoms with Crippen LogP contribution in [0.3, 0.4) is 0 Å². The Hall–Kier alpha value is -0.760. The van der Waals surface area contributed by atoms with Gasteiger partial charge in [0.2, 0.25) is 6.29 Å². The Kier molecular flexibility index (Phi) is 16.1. The molecular weight excluding hydrogens is 308 g/mol. The second kappa shape index (κ2) is 18.0. The molecule has 25 heavy (non-hydrogen) atoms. The predicted molar refractivity (Wildman–Crippen MR) is 109 cm³/mol. The van der Waals surface area contributed by atoms with Crippen molar-refractivity contribution in [2.24, 2.45) is 0 Å². The highest BCUT2D eigenvalue weighted by atomic mass is 16.7. The molecule has 1 atom stereocenters. The van der Waals surface area contributed by atoms with Crippen LogP contribution in [0, 0.1) is 0 Å². The molecule has 0 aliphatic carbocycles. The van der Waals surface area contributed by atoms with E-state index in [4.69, 9.17) is 9.47 Å². The normalized spacial score (nSPS) is 16.3. The van der Waals surface area contributed by atoms with Gasteiger partial charge in [0.25, 0.3) is 0 Å². The van der Waals surface area contributed by atoms with E-state index in [0.717, 1.165) is 13.0 Å². The van der Waals surface area contributed by atoms with Gasteiger partial charge in [0.15, 0.2) is 0 Å². The molecule has 0 N–H and O–H groups in total. The molecule has 0 aromatic rings. The molecule has 0 spiro atoms. The number of unbranched alkanes of at least 4 members (excludes halogenated alkanes) is 15. The van der Waals surface area contributed by atoms with Gasteiger partial charge < -0.3 is 9.47 Å². The SMILES string of the molecule is CCCCCCCCCCCCCCCCCCOC1C=CC=CO1. The lowest BCUT2D eigenvalue weighted by Crippen LogP contribution is -2.13. The summed E-state index contributed by atoms with van der Waals surface area (Å²) in [7, 11) is 0. The van der Waals surface area contributed by atoms with Crippen molar-refractivity contribution in [1.82, 2.24) is 0 Å². The van der Waals surface area contributed by atoms with Crippen LogP contribution < -0.4 is 0 Å². The quantitative estimate of drug-likeness (QED) is 0.236. The predicted octanol–water partition coefficient (Wildman–Crippen LogP) is 7.69. The maximum atomic E-state index is 5.64. The maximum Gasteiger partial charge on any atom is 0.219 e. The van der Waals surface area contributed by atoms with Crippen molar-refractivity contribution in [3.8, 4) is 0 Å². The molecule has 1 aliphatic rings. The number of rotatable bonds is 18. The molecule has 0 saturated carbocycles. The third-order valence-electron chi connectivity index (χ3n) is 4.95. The largest absolute Gasteiger partial charge is 0.469 e. The Morgan fingerprint density at radius 1 is 0.640 bits per heavy atom. The highest BCUT2D eigenvalue weighted by Crippen LogP contribution is 2.14. The van der Waals surface area contributed by atoms with Crippen LogP contribution in [0.5, 0.6) is 0 Å². The van der Waals surface area contributed by atoms with E-state index in [-0.39, 0.29) is 6.29 Å². The van der Waals surface area contributed by atoms with Crippen molar-refractivity contribution in [2.45, 2.75) is 116 Å². The van der Waals surface area contributed by atoms with Gasteiger partial charge >= 0.3 is 0 Å². The third-order valence-corrected chi connectivity index (χ3v) is 4.95. The maximum absolute atomic E-state index is 5.64. The smallest absolute Gasteiger partial charge is 0.219 e. The molecule has 0 radical (unpaired) electrons. The fourth-order valence-corrected chi connectivity index (χ4v) is 3.31. The van der Waals surface area contributed by atoms with E-state index in [1.54, 1.807) is 6.26 Å². The van der Waals surface area contributed by atoms with Crippen LogP contribution in [-0.4, -0.2) is 12.9 Å². The average Bonchev–Trinajstić information content (AvgIpc) is 2.65.